The Morgan fingerprint density at radius 1 is 1.38 bits per heavy atom. The lowest BCUT2D eigenvalue weighted by Gasteiger charge is -2.32. The second-order valence-electron chi connectivity index (χ2n) is 5.13. The molecule has 0 radical (unpaired) electrons. The Morgan fingerprint density at radius 3 is 2.38 bits per heavy atom. The van der Waals surface area contributed by atoms with Gasteiger partial charge < -0.3 is 9.64 Å². The lowest BCUT2D eigenvalue weighted by Crippen LogP contribution is -2.40. The summed E-state index contributed by atoms with van der Waals surface area (Å²) in [5.74, 6) is 0. The van der Waals surface area contributed by atoms with Gasteiger partial charge in [0.05, 0.1) is 11.7 Å². The van der Waals surface area contributed by atoms with Crippen molar-refractivity contribution in [2.75, 3.05) is 13.6 Å². The van der Waals surface area contributed by atoms with Gasteiger partial charge in [0, 0.05) is 6.04 Å². The van der Waals surface area contributed by atoms with Crippen molar-refractivity contribution in [3.63, 3.8) is 0 Å². The molecule has 1 heterocycles. The van der Waals surface area contributed by atoms with Crippen molar-refractivity contribution < 1.29 is 4.74 Å². The lowest BCUT2D eigenvalue weighted by atomic mass is 10.1. The normalized spacial score (nSPS) is 27.9. The quantitative estimate of drug-likeness (QED) is 0.654. The van der Waals surface area contributed by atoms with Crippen LogP contribution in [0.15, 0.2) is 0 Å². The first-order valence-electron chi connectivity index (χ1n) is 5.28. The van der Waals surface area contributed by atoms with E-state index in [2.05, 4.69) is 39.6 Å². The van der Waals surface area contributed by atoms with Crippen LogP contribution >= 0.6 is 0 Å². The van der Waals surface area contributed by atoms with Crippen molar-refractivity contribution in [3.8, 4) is 0 Å². The zero-order valence-corrected chi connectivity index (χ0v) is 9.63. The first-order valence-corrected chi connectivity index (χ1v) is 5.28. The Bertz CT molecular complexity index is 162. The highest BCUT2D eigenvalue weighted by molar-refractivity contribution is 4.82. The standard InChI is InChI=1S/C11H23NO/c1-9(13-11(2,3)4)10-7-6-8-12(10)5/h9-10H,6-8H2,1-5H3/t9-,10?/m1/s1. The molecule has 1 fully saturated rings. The summed E-state index contributed by atoms with van der Waals surface area (Å²) in [4.78, 5) is 2.41. The van der Waals surface area contributed by atoms with Crippen LogP contribution < -0.4 is 0 Å². The molecule has 0 aromatic heterocycles. The Balaban J connectivity index is 2.43. The van der Waals surface area contributed by atoms with Crippen LogP contribution in [0, 0.1) is 0 Å². The molecular formula is C11H23NO. The minimum Gasteiger partial charge on any atom is -0.371 e. The van der Waals surface area contributed by atoms with Gasteiger partial charge in [0.1, 0.15) is 0 Å². The van der Waals surface area contributed by atoms with Crippen LogP contribution in [0.4, 0.5) is 0 Å². The van der Waals surface area contributed by atoms with E-state index in [4.69, 9.17) is 4.74 Å². The van der Waals surface area contributed by atoms with Gasteiger partial charge in [0.2, 0.25) is 0 Å². The number of hydrogen-bond acceptors (Lipinski definition) is 2. The van der Waals surface area contributed by atoms with Crippen molar-refractivity contribution in [2.45, 2.75) is 58.3 Å². The van der Waals surface area contributed by atoms with Crippen LogP contribution in [0.2, 0.25) is 0 Å². The highest BCUT2D eigenvalue weighted by Crippen LogP contribution is 2.23. The zero-order chi connectivity index (χ0) is 10.1. The molecule has 0 saturated carbocycles. The third kappa shape index (κ3) is 3.28. The molecule has 1 aliphatic heterocycles. The minimum atomic E-state index is -0.0111. The molecule has 0 spiro atoms. The van der Waals surface area contributed by atoms with E-state index in [1.165, 1.54) is 19.4 Å². The Labute approximate surface area is 82.3 Å². The van der Waals surface area contributed by atoms with Gasteiger partial charge in [-0.15, -0.1) is 0 Å². The third-order valence-electron chi connectivity index (χ3n) is 2.66. The van der Waals surface area contributed by atoms with Gasteiger partial charge in [-0.25, -0.2) is 0 Å². The van der Waals surface area contributed by atoms with Gasteiger partial charge >= 0.3 is 0 Å². The average molecular weight is 185 g/mol. The summed E-state index contributed by atoms with van der Waals surface area (Å²) in [5.41, 5.74) is -0.0111. The van der Waals surface area contributed by atoms with Crippen LogP contribution in [-0.2, 0) is 4.74 Å². The maximum absolute atomic E-state index is 5.95. The molecule has 1 unspecified atom stereocenters. The molecule has 2 atom stereocenters. The summed E-state index contributed by atoms with van der Waals surface area (Å²) < 4.78 is 5.95. The minimum absolute atomic E-state index is 0.0111. The molecule has 1 saturated heterocycles. The molecule has 13 heavy (non-hydrogen) atoms. The molecule has 1 aliphatic rings. The second kappa shape index (κ2) is 3.97. The maximum Gasteiger partial charge on any atom is 0.0709 e. The van der Waals surface area contributed by atoms with Crippen LogP contribution in [0.25, 0.3) is 0 Å². The molecule has 0 aromatic rings. The first-order chi connectivity index (χ1) is 5.90. The third-order valence-corrected chi connectivity index (χ3v) is 2.66. The largest absolute Gasteiger partial charge is 0.371 e. The molecule has 0 aromatic carbocycles. The molecule has 0 aliphatic carbocycles. The fourth-order valence-electron chi connectivity index (χ4n) is 2.17. The SMILES string of the molecule is C[C@@H](OC(C)(C)C)C1CCCN1C. The zero-order valence-electron chi connectivity index (χ0n) is 9.63. The first kappa shape index (κ1) is 11.0. The van der Waals surface area contributed by atoms with Crippen molar-refractivity contribution in [3.05, 3.63) is 0 Å². The highest BCUT2D eigenvalue weighted by atomic mass is 16.5. The van der Waals surface area contributed by atoms with Crippen molar-refractivity contribution in [1.82, 2.24) is 4.90 Å². The molecule has 0 N–H and O–H groups in total. The van der Waals surface area contributed by atoms with E-state index in [0.717, 1.165) is 0 Å². The van der Waals surface area contributed by atoms with E-state index < -0.39 is 0 Å². The number of likely N-dealkylation sites (tertiary alicyclic amines) is 1. The summed E-state index contributed by atoms with van der Waals surface area (Å²) in [6, 6.07) is 0.624. The highest BCUT2D eigenvalue weighted by Gasteiger charge is 2.29. The number of rotatable bonds is 2. The van der Waals surface area contributed by atoms with Crippen molar-refractivity contribution in [2.24, 2.45) is 0 Å². The van der Waals surface area contributed by atoms with E-state index in [0.29, 0.717) is 12.1 Å². The lowest BCUT2D eigenvalue weighted by molar-refractivity contribution is -0.0776. The molecule has 1 rings (SSSR count). The second-order valence-corrected chi connectivity index (χ2v) is 5.13. The predicted molar refractivity (Wildman–Crippen MR) is 56.0 cm³/mol. The molecule has 0 amide bonds. The fraction of sp³-hybridized carbons (Fsp3) is 1.00. The van der Waals surface area contributed by atoms with E-state index in [9.17, 15) is 0 Å². The van der Waals surface area contributed by atoms with Crippen LogP contribution in [0.5, 0.6) is 0 Å². The number of ether oxygens (including phenoxy) is 1. The molecule has 78 valence electrons. The Kier molecular flexibility index (Phi) is 3.36. The summed E-state index contributed by atoms with van der Waals surface area (Å²) in [6.07, 6.45) is 2.96. The van der Waals surface area contributed by atoms with Gasteiger partial charge in [-0.2, -0.15) is 0 Å². The smallest absolute Gasteiger partial charge is 0.0709 e. The van der Waals surface area contributed by atoms with Gasteiger partial charge in [-0.05, 0) is 54.1 Å². The van der Waals surface area contributed by atoms with E-state index in [1.807, 2.05) is 0 Å². The molecule has 0 bridgehead atoms. The number of likely N-dealkylation sites (N-methyl/N-ethyl adjacent to an activating group) is 1. The summed E-state index contributed by atoms with van der Waals surface area (Å²) in [5, 5.41) is 0. The summed E-state index contributed by atoms with van der Waals surface area (Å²) in [6.45, 7) is 9.79. The topological polar surface area (TPSA) is 12.5 Å². The Morgan fingerprint density at radius 2 is 2.00 bits per heavy atom. The molecular weight excluding hydrogens is 162 g/mol. The van der Waals surface area contributed by atoms with Crippen LogP contribution in [-0.4, -0.2) is 36.2 Å². The van der Waals surface area contributed by atoms with Crippen LogP contribution in [0.3, 0.4) is 0 Å². The van der Waals surface area contributed by atoms with Gasteiger partial charge in [0.25, 0.3) is 0 Å². The number of hydrogen-bond donors (Lipinski definition) is 0. The Hall–Kier alpha value is -0.0800. The van der Waals surface area contributed by atoms with Crippen molar-refractivity contribution in [1.29, 1.82) is 0 Å². The van der Waals surface area contributed by atoms with E-state index in [1.54, 1.807) is 0 Å². The summed E-state index contributed by atoms with van der Waals surface area (Å²) in [7, 11) is 2.19. The maximum atomic E-state index is 5.95. The number of nitrogens with zero attached hydrogens (tertiary/aromatic N) is 1. The average Bonchev–Trinajstić information content (AvgIpc) is 2.30. The fourth-order valence-corrected chi connectivity index (χ4v) is 2.17. The monoisotopic (exact) mass is 185 g/mol. The van der Waals surface area contributed by atoms with Gasteiger partial charge in [0.15, 0.2) is 0 Å². The summed E-state index contributed by atoms with van der Waals surface area (Å²) >= 11 is 0. The molecule has 2 heteroatoms. The molecule has 2 nitrogen and oxygen atoms in total. The van der Waals surface area contributed by atoms with E-state index >= 15 is 0 Å². The van der Waals surface area contributed by atoms with Gasteiger partial charge in [-0.1, -0.05) is 0 Å². The van der Waals surface area contributed by atoms with E-state index in [-0.39, 0.29) is 5.60 Å². The van der Waals surface area contributed by atoms with Crippen molar-refractivity contribution >= 4 is 0 Å². The van der Waals surface area contributed by atoms with Gasteiger partial charge in [-0.3, -0.25) is 0 Å². The van der Waals surface area contributed by atoms with Crippen LogP contribution in [0.1, 0.15) is 40.5 Å². The predicted octanol–water partition coefficient (Wildman–Crippen LogP) is 2.28.